The van der Waals surface area contributed by atoms with E-state index in [-0.39, 0.29) is 5.69 Å². The molecule has 2 fully saturated rings. The van der Waals surface area contributed by atoms with Crippen molar-refractivity contribution in [3.05, 3.63) is 18.1 Å². The van der Waals surface area contributed by atoms with Crippen LogP contribution in [-0.2, 0) is 0 Å². The van der Waals surface area contributed by atoms with Crippen LogP contribution in [0.15, 0.2) is 12.4 Å². The highest BCUT2D eigenvalue weighted by Crippen LogP contribution is 2.44. The zero-order valence-corrected chi connectivity index (χ0v) is 11.0. The molecule has 0 atom stereocenters. The van der Waals surface area contributed by atoms with Crippen molar-refractivity contribution in [1.29, 1.82) is 0 Å². The Morgan fingerprint density at radius 1 is 1.16 bits per heavy atom. The van der Waals surface area contributed by atoms with E-state index in [1.807, 2.05) is 0 Å². The molecule has 1 N–H and O–H groups in total. The highest BCUT2D eigenvalue weighted by Gasteiger charge is 2.39. The number of rotatable bonds is 2. The number of anilines is 1. The van der Waals surface area contributed by atoms with Crippen molar-refractivity contribution in [3.63, 3.8) is 0 Å². The van der Waals surface area contributed by atoms with E-state index in [1.165, 1.54) is 44.7 Å². The van der Waals surface area contributed by atoms with E-state index >= 15 is 0 Å². The SMILES string of the molecule is O=C(O)c1cnc(N2CCC3(CCCCC3)C2)cn1. The molecule has 102 valence electrons. The summed E-state index contributed by atoms with van der Waals surface area (Å²) in [6.07, 6.45) is 10.9. The summed E-state index contributed by atoms with van der Waals surface area (Å²) in [7, 11) is 0. The van der Waals surface area contributed by atoms with Crippen LogP contribution in [0.1, 0.15) is 49.0 Å². The number of nitrogens with zero attached hydrogens (tertiary/aromatic N) is 3. The van der Waals surface area contributed by atoms with Gasteiger partial charge < -0.3 is 10.0 Å². The number of aromatic carboxylic acids is 1. The van der Waals surface area contributed by atoms with E-state index in [0.717, 1.165) is 18.9 Å². The van der Waals surface area contributed by atoms with Gasteiger partial charge in [-0.2, -0.15) is 0 Å². The topological polar surface area (TPSA) is 66.3 Å². The fourth-order valence-electron chi connectivity index (χ4n) is 3.44. The van der Waals surface area contributed by atoms with Gasteiger partial charge in [-0.1, -0.05) is 19.3 Å². The highest BCUT2D eigenvalue weighted by atomic mass is 16.4. The maximum atomic E-state index is 10.8. The number of hydrogen-bond donors (Lipinski definition) is 1. The molecule has 1 aromatic heterocycles. The third-order valence-electron chi connectivity index (χ3n) is 4.53. The molecule has 1 aliphatic heterocycles. The van der Waals surface area contributed by atoms with Crippen LogP contribution in [0.25, 0.3) is 0 Å². The molecule has 1 aliphatic carbocycles. The second kappa shape index (κ2) is 4.79. The van der Waals surface area contributed by atoms with Crippen molar-refractivity contribution in [1.82, 2.24) is 9.97 Å². The number of carbonyl (C=O) groups is 1. The van der Waals surface area contributed by atoms with Gasteiger partial charge in [0.15, 0.2) is 5.69 Å². The van der Waals surface area contributed by atoms with E-state index in [2.05, 4.69) is 14.9 Å². The summed E-state index contributed by atoms with van der Waals surface area (Å²) in [4.78, 5) is 21.2. The van der Waals surface area contributed by atoms with E-state index < -0.39 is 5.97 Å². The normalized spacial score (nSPS) is 21.8. The van der Waals surface area contributed by atoms with Gasteiger partial charge in [0, 0.05) is 13.1 Å². The fraction of sp³-hybridized carbons (Fsp3) is 0.643. The number of carboxylic acid groups (broad SMARTS) is 1. The molecule has 0 unspecified atom stereocenters. The first-order valence-electron chi connectivity index (χ1n) is 6.99. The molecule has 0 aromatic carbocycles. The lowest BCUT2D eigenvalue weighted by Crippen LogP contribution is -2.29. The average molecular weight is 261 g/mol. The molecular weight excluding hydrogens is 242 g/mol. The molecule has 0 radical (unpaired) electrons. The lowest BCUT2D eigenvalue weighted by Gasteiger charge is -2.33. The predicted molar refractivity (Wildman–Crippen MR) is 71.3 cm³/mol. The third-order valence-corrected chi connectivity index (χ3v) is 4.53. The van der Waals surface area contributed by atoms with E-state index in [1.54, 1.807) is 6.20 Å². The molecule has 5 heteroatoms. The molecule has 1 aromatic rings. The monoisotopic (exact) mass is 261 g/mol. The molecular formula is C14H19N3O2. The number of aromatic nitrogens is 2. The minimum Gasteiger partial charge on any atom is -0.476 e. The smallest absolute Gasteiger partial charge is 0.356 e. The molecule has 1 saturated heterocycles. The lowest BCUT2D eigenvalue weighted by atomic mass is 9.73. The molecule has 0 bridgehead atoms. The second-order valence-electron chi connectivity index (χ2n) is 5.80. The Balaban J connectivity index is 1.72. The Morgan fingerprint density at radius 3 is 2.58 bits per heavy atom. The molecule has 19 heavy (non-hydrogen) atoms. The van der Waals surface area contributed by atoms with Gasteiger partial charge >= 0.3 is 5.97 Å². The van der Waals surface area contributed by atoms with Gasteiger partial charge in [-0.3, -0.25) is 0 Å². The first-order valence-corrected chi connectivity index (χ1v) is 6.99. The lowest BCUT2D eigenvalue weighted by molar-refractivity contribution is 0.0690. The van der Waals surface area contributed by atoms with Crippen LogP contribution in [-0.4, -0.2) is 34.1 Å². The molecule has 1 saturated carbocycles. The van der Waals surface area contributed by atoms with Gasteiger partial charge in [-0.05, 0) is 24.7 Å². The first kappa shape index (κ1) is 12.4. The molecule has 1 spiro atoms. The Labute approximate surface area is 112 Å². The third kappa shape index (κ3) is 2.41. The minimum absolute atomic E-state index is 0.00956. The Bertz CT molecular complexity index is 466. The van der Waals surface area contributed by atoms with Crippen molar-refractivity contribution in [2.75, 3.05) is 18.0 Å². The molecule has 2 aliphatic rings. The van der Waals surface area contributed by atoms with E-state index in [0.29, 0.717) is 5.41 Å². The van der Waals surface area contributed by atoms with Crippen molar-refractivity contribution in [2.45, 2.75) is 38.5 Å². The van der Waals surface area contributed by atoms with Gasteiger partial charge in [0.2, 0.25) is 0 Å². The standard InChI is InChI=1S/C14H19N3O2/c18-13(19)11-8-16-12(9-15-11)17-7-6-14(10-17)4-2-1-3-5-14/h8-9H,1-7,10H2,(H,18,19). The molecule has 2 heterocycles. The summed E-state index contributed by atoms with van der Waals surface area (Å²) in [5, 5.41) is 8.82. The second-order valence-corrected chi connectivity index (χ2v) is 5.80. The Hall–Kier alpha value is -1.65. The van der Waals surface area contributed by atoms with E-state index in [9.17, 15) is 4.79 Å². The van der Waals surface area contributed by atoms with Crippen molar-refractivity contribution < 1.29 is 9.90 Å². The minimum atomic E-state index is -1.02. The van der Waals surface area contributed by atoms with Crippen LogP contribution in [0.2, 0.25) is 0 Å². The van der Waals surface area contributed by atoms with Crippen LogP contribution < -0.4 is 4.90 Å². The van der Waals surface area contributed by atoms with Crippen LogP contribution >= 0.6 is 0 Å². The summed E-state index contributed by atoms with van der Waals surface area (Å²) in [6, 6.07) is 0. The fourth-order valence-corrected chi connectivity index (χ4v) is 3.44. The van der Waals surface area contributed by atoms with Crippen LogP contribution in [0.5, 0.6) is 0 Å². The maximum absolute atomic E-state index is 10.8. The van der Waals surface area contributed by atoms with Crippen LogP contribution in [0.3, 0.4) is 0 Å². The summed E-state index contributed by atoms with van der Waals surface area (Å²) < 4.78 is 0. The highest BCUT2D eigenvalue weighted by molar-refractivity contribution is 5.84. The number of carboxylic acids is 1. The van der Waals surface area contributed by atoms with Crippen LogP contribution in [0.4, 0.5) is 5.82 Å². The number of hydrogen-bond acceptors (Lipinski definition) is 4. The van der Waals surface area contributed by atoms with Gasteiger partial charge in [0.05, 0.1) is 12.4 Å². The van der Waals surface area contributed by atoms with Crippen molar-refractivity contribution in [3.8, 4) is 0 Å². The summed E-state index contributed by atoms with van der Waals surface area (Å²) in [5.41, 5.74) is 0.487. The zero-order valence-electron chi connectivity index (χ0n) is 11.0. The van der Waals surface area contributed by atoms with E-state index in [4.69, 9.17) is 5.11 Å². The van der Waals surface area contributed by atoms with Crippen molar-refractivity contribution in [2.24, 2.45) is 5.41 Å². The molecule has 5 nitrogen and oxygen atoms in total. The Kier molecular flexibility index (Phi) is 3.12. The first-order chi connectivity index (χ1) is 9.19. The van der Waals surface area contributed by atoms with Gasteiger partial charge in [0.25, 0.3) is 0 Å². The van der Waals surface area contributed by atoms with Crippen LogP contribution in [0, 0.1) is 5.41 Å². The Morgan fingerprint density at radius 2 is 1.95 bits per heavy atom. The largest absolute Gasteiger partial charge is 0.476 e. The predicted octanol–water partition coefficient (Wildman–Crippen LogP) is 2.34. The average Bonchev–Trinajstić information content (AvgIpc) is 2.83. The van der Waals surface area contributed by atoms with Gasteiger partial charge in [0.1, 0.15) is 5.82 Å². The van der Waals surface area contributed by atoms with Gasteiger partial charge in [-0.25, -0.2) is 14.8 Å². The van der Waals surface area contributed by atoms with Gasteiger partial charge in [-0.15, -0.1) is 0 Å². The van der Waals surface area contributed by atoms with Crippen molar-refractivity contribution >= 4 is 11.8 Å². The molecule has 3 rings (SSSR count). The maximum Gasteiger partial charge on any atom is 0.356 e. The molecule has 0 amide bonds. The summed E-state index contributed by atoms with van der Waals surface area (Å²) in [5.74, 6) is -0.211. The zero-order chi connectivity index (χ0) is 13.3. The summed E-state index contributed by atoms with van der Waals surface area (Å²) >= 11 is 0. The summed E-state index contributed by atoms with van der Waals surface area (Å²) in [6.45, 7) is 2.06. The quantitative estimate of drug-likeness (QED) is 0.885.